The Bertz CT molecular complexity index is 400. The Hall–Kier alpha value is -0.610. The van der Waals surface area contributed by atoms with Gasteiger partial charge in [0.15, 0.2) is 0 Å². The highest BCUT2D eigenvalue weighted by molar-refractivity contribution is 6.30. The van der Waals surface area contributed by atoms with Crippen LogP contribution in [0.2, 0.25) is 5.02 Å². The lowest BCUT2D eigenvalue weighted by Gasteiger charge is -2.26. The molecule has 1 aliphatic rings. The molecule has 1 aromatic carbocycles. The van der Waals surface area contributed by atoms with E-state index in [0.29, 0.717) is 12.0 Å². The van der Waals surface area contributed by atoms with E-state index in [2.05, 4.69) is 43.0 Å². The average molecular weight is 268 g/mol. The van der Waals surface area contributed by atoms with Crippen LogP contribution in [-0.2, 0) is 0 Å². The Kier molecular flexibility index (Phi) is 4.28. The van der Waals surface area contributed by atoms with Crippen LogP contribution >= 0.6 is 11.6 Å². The molecule has 1 saturated heterocycles. The highest BCUT2D eigenvalue weighted by atomic mass is 35.5. The van der Waals surface area contributed by atoms with Crippen molar-refractivity contribution < 1.29 is 0 Å². The topological polar surface area (TPSA) is 36.1 Å². The van der Waals surface area contributed by atoms with Crippen LogP contribution in [0.15, 0.2) is 24.3 Å². The molecule has 2 atom stereocenters. The van der Waals surface area contributed by atoms with Gasteiger partial charge < -0.3 is 5.32 Å². The van der Waals surface area contributed by atoms with Gasteiger partial charge in [-0.3, -0.25) is 5.43 Å². The summed E-state index contributed by atoms with van der Waals surface area (Å²) in [5.74, 6) is 0.530. The summed E-state index contributed by atoms with van der Waals surface area (Å²) in [6.45, 7) is 8.53. The largest absolute Gasteiger partial charge is 0.312 e. The Balaban J connectivity index is 2.03. The zero-order valence-corrected chi connectivity index (χ0v) is 12.0. The maximum absolute atomic E-state index is 6.06. The SMILES string of the molecule is CC(C)(C)NCC1CNNC1c1cccc(Cl)c1. The van der Waals surface area contributed by atoms with Crippen molar-refractivity contribution >= 4 is 11.6 Å². The predicted molar refractivity (Wildman–Crippen MR) is 76.6 cm³/mol. The second-order valence-electron chi connectivity index (χ2n) is 5.95. The van der Waals surface area contributed by atoms with Crippen LogP contribution in [0.1, 0.15) is 32.4 Å². The molecule has 100 valence electrons. The van der Waals surface area contributed by atoms with Crippen LogP contribution in [0.4, 0.5) is 0 Å². The zero-order valence-electron chi connectivity index (χ0n) is 11.3. The number of hydrogen-bond donors (Lipinski definition) is 3. The number of nitrogens with one attached hydrogen (secondary N) is 3. The third-order valence-corrected chi connectivity index (χ3v) is 3.43. The first-order valence-electron chi connectivity index (χ1n) is 6.44. The van der Waals surface area contributed by atoms with Gasteiger partial charge in [-0.05, 0) is 38.5 Å². The van der Waals surface area contributed by atoms with Crippen LogP contribution in [0.5, 0.6) is 0 Å². The summed E-state index contributed by atoms with van der Waals surface area (Å²) in [5, 5.41) is 4.36. The van der Waals surface area contributed by atoms with Gasteiger partial charge in [0.1, 0.15) is 0 Å². The molecule has 0 radical (unpaired) electrons. The zero-order chi connectivity index (χ0) is 13.2. The Morgan fingerprint density at radius 3 is 2.83 bits per heavy atom. The fourth-order valence-electron chi connectivity index (χ4n) is 2.22. The molecule has 18 heavy (non-hydrogen) atoms. The van der Waals surface area contributed by atoms with Crippen molar-refractivity contribution in [2.45, 2.75) is 32.4 Å². The predicted octanol–water partition coefficient (Wildman–Crippen LogP) is 2.49. The Morgan fingerprint density at radius 1 is 1.39 bits per heavy atom. The lowest BCUT2D eigenvalue weighted by molar-refractivity contribution is 0.359. The molecule has 2 rings (SSSR count). The second kappa shape index (κ2) is 5.57. The van der Waals surface area contributed by atoms with E-state index in [1.807, 2.05) is 18.2 Å². The molecular formula is C14H22ClN3. The van der Waals surface area contributed by atoms with E-state index >= 15 is 0 Å². The minimum atomic E-state index is 0.154. The van der Waals surface area contributed by atoms with E-state index in [9.17, 15) is 0 Å². The van der Waals surface area contributed by atoms with E-state index in [1.165, 1.54) is 5.56 Å². The molecule has 3 nitrogen and oxygen atoms in total. The van der Waals surface area contributed by atoms with Gasteiger partial charge in [-0.1, -0.05) is 23.7 Å². The maximum atomic E-state index is 6.06. The van der Waals surface area contributed by atoms with Crippen molar-refractivity contribution in [1.29, 1.82) is 0 Å². The molecule has 1 heterocycles. The monoisotopic (exact) mass is 267 g/mol. The number of benzene rings is 1. The molecule has 0 bridgehead atoms. The third kappa shape index (κ3) is 3.69. The van der Waals surface area contributed by atoms with Crippen molar-refractivity contribution in [1.82, 2.24) is 16.2 Å². The van der Waals surface area contributed by atoms with Crippen molar-refractivity contribution in [3.63, 3.8) is 0 Å². The van der Waals surface area contributed by atoms with Crippen LogP contribution in [0.3, 0.4) is 0 Å². The Labute approximate surface area is 114 Å². The van der Waals surface area contributed by atoms with Crippen molar-refractivity contribution in [2.24, 2.45) is 5.92 Å². The van der Waals surface area contributed by atoms with Crippen LogP contribution in [-0.4, -0.2) is 18.6 Å². The first-order valence-corrected chi connectivity index (χ1v) is 6.82. The third-order valence-electron chi connectivity index (χ3n) is 3.20. The number of hydrazine groups is 1. The molecule has 1 fully saturated rings. The summed E-state index contributed by atoms with van der Waals surface area (Å²) in [7, 11) is 0. The lowest BCUT2D eigenvalue weighted by Crippen LogP contribution is -2.40. The molecule has 0 aliphatic carbocycles. The average Bonchev–Trinajstić information content (AvgIpc) is 2.73. The molecule has 4 heteroatoms. The van der Waals surface area contributed by atoms with E-state index in [4.69, 9.17) is 11.6 Å². The minimum Gasteiger partial charge on any atom is -0.312 e. The highest BCUT2D eigenvalue weighted by Gasteiger charge is 2.28. The first kappa shape index (κ1) is 13.8. The van der Waals surface area contributed by atoms with E-state index < -0.39 is 0 Å². The molecule has 0 saturated carbocycles. The van der Waals surface area contributed by atoms with Gasteiger partial charge in [0.2, 0.25) is 0 Å². The summed E-state index contributed by atoms with van der Waals surface area (Å²) in [6.07, 6.45) is 0. The van der Waals surface area contributed by atoms with Gasteiger partial charge in [-0.2, -0.15) is 0 Å². The fraction of sp³-hybridized carbons (Fsp3) is 0.571. The smallest absolute Gasteiger partial charge is 0.0515 e. The van der Waals surface area contributed by atoms with Gasteiger partial charge in [0.05, 0.1) is 6.04 Å². The van der Waals surface area contributed by atoms with E-state index in [0.717, 1.165) is 18.1 Å². The quantitative estimate of drug-likeness (QED) is 0.788. The Morgan fingerprint density at radius 2 is 2.17 bits per heavy atom. The van der Waals surface area contributed by atoms with Crippen LogP contribution in [0.25, 0.3) is 0 Å². The molecule has 0 aromatic heterocycles. The molecule has 0 spiro atoms. The van der Waals surface area contributed by atoms with Gasteiger partial charge in [0, 0.05) is 29.6 Å². The van der Waals surface area contributed by atoms with Crippen molar-refractivity contribution in [2.75, 3.05) is 13.1 Å². The van der Waals surface area contributed by atoms with Gasteiger partial charge >= 0.3 is 0 Å². The lowest BCUT2D eigenvalue weighted by atomic mass is 9.94. The second-order valence-corrected chi connectivity index (χ2v) is 6.39. The highest BCUT2D eigenvalue weighted by Crippen LogP contribution is 2.26. The summed E-state index contributed by atoms with van der Waals surface area (Å²) < 4.78 is 0. The molecule has 1 aliphatic heterocycles. The number of halogens is 1. The molecule has 1 aromatic rings. The summed E-state index contributed by atoms with van der Waals surface area (Å²) in [5.41, 5.74) is 7.98. The van der Waals surface area contributed by atoms with Gasteiger partial charge in [0.25, 0.3) is 0 Å². The standard InChI is InChI=1S/C14H22ClN3/c1-14(2,3)16-8-11-9-17-18-13(11)10-5-4-6-12(15)7-10/h4-7,11,13,16-18H,8-9H2,1-3H3. The minimum absolute atomic E-state index is 0.154. The van der Waals surface area contributed by atoms with E-state index in [-0.39, 0.29) is 5.54 Å². The maximum Gasteiger partial charge on any atom is 0.0515 e. The van der Waals surface area contributed by atoms with Gasteiger partial charge in [-0.25, -0.2) is 5.43 Å². The summed E-state index contributed by atoms with van der Waals surface area (Å²) in [6, 6.07) is 8.40. The van der Waals surface area contributed by atoms with E-state index in [1.54, 1.807) is 0 Å². The normalized spacial score (nSPS) is 24.4. The molecule has 3 N–H and O–H groups in total. The van der Waals surface area contributed by atoms with Crippen molar-refractivity contribution in [3.05, 3.63) is 34.9 Å². The summed E-state index contributed by atoms with van der Waals surface area (Å²) in [4.78, 5) is 0. The summed E-state index contributed by atoms with van der Waals surface area (Å²) >= 11 is 6.06. The number of rotatable bonds is 3. The molecule has 0 amide bonds. The fourth-order valence-corrected chi connectivity index (χ4v) is 2.42. The number of hydrogen-bond acceptors (Lipinski definition) is 3. The van der Waals surface area contributed by atoms with Crippen LogP contribution < -0.4 is 16.2 Å². The van der Waals surface area contributed by atoms with Crippen molar-refractivity contribution in [3.8, 4) is 0 Å². The molecular weight excluding hydrogens is 246 g/mol. The van der Waals surface area contributed by atoms with Gasteiger partial charge in [-0.15, -0.1) is 0 Å². The molecule has 2 unspecified atom stereocenters. The first-order chi connectivity index (χ1) is 8.46. The van der Waals surface area contributed by atoms with Crippen LogP contribution in [0, 0.1) is 5.92 Å².